The Labute approximate surface area is 169 Å². The summed E-state index contributed by atoms with van der Waals surface area (Å²) in [6.07, 6.45) is 3.34. The number of fused-ring (bicyclic) bond motifs is 1. The summed E-state index contributed by atoms with van der Waals surface area (Å²) in [6, 6.07) is 11.7. The first-order valence-electron chi connectivity index (χ1n) is 8.80. The van der Waals surface area contributed by atoms with Gasteiger partial charge in [-0.3, -0.25) is 0 Å². The standard InChI is InChI=1S/C20H24BrNO4S/c1-25-18-13-16(21)15-11-12-22(27(3,23)24)17(19(15)20(18)26-2)10-9-14-7-5-4-6-8-14/h4-8,13,17H,9-12H2,1-3H3. The highest BCUT2D eigenvalue weighted by atomic mass is 79.9. The Morgan fingerprint density at radius 1 is 1.19 bits per heavy atom. The normalized spacial score (nSPS) is 17.4. The fraction of sp³-hybridized carbons (Fsp3) is 0.400. The van der Waals surface area contributed by atoms with E-state index in [0.717, 1.165) is 22.0 Å². The lowest BCUT2D eigenvalue weighted by Crippen LogP contribution is -2.40. The fourth-order valence-corrected chi connectivity index (χ4v) is 5.51. The topological polar surface area (TPSA) is 55.8 Å². The molecule has 1 heterocycles. The van der Waals surface area contributed by atoms with Crippen molar-refractivity contribution in [1.82, 2.24) is 4.31 Å². The van der Waals surface area contributed by atoms with Crippen molar-refractivity contribution in [2.24, 2.45) is 0 Å². The van der Waals surface area contributed by atoms with Gasteiger partial charge in [0.2, 0.25) is 10.0 Å². The molecule has 27 heavy (non-hydrogen) atoms. The Morgan fingerprint density at radius 2 is 1.89 bits per heavy atom. The number of nitrogens with zero attached hydrogens (tertiary/aromatic N) is 1. The van der Waals surface area contributed by atoms with Crippen LogP contribution in [0.3, 0.4) is 0 Å². The molecule has 1 aliphatic heterocycles. The van der Waals surface area contributed by atoms with Crippen LogP contribution in [0.4, 0.5) is 0 Å². The minimum atomic E-state index is -3.36. The lowest BCUT2D eigenvalue weighted by Gasteiger charge is -2.37. The molecule has 0 aliphatic carbocycles. The SMILES string of the molecule is COc1cc(Br)c2c(c1OC)C(CCc1ccccc1)N(S(C)(=O)=O)CC2. The van der Waals surface area contributed by atoms with Crippen LogP contribution in [0, 0.1) is 0 Å². The number of benzene rings is 2. The van der Waals surface area contributed by atoms with E-state index in [4.69, 9.17) is 9.47 Å². The van der Waals surface area contributed by atoms with Crippen LogP contribution < -0.4 is 9.47 Å². The van der Waals surface area contributed by atoms with E-state index in [-0.39, 0.29) is 6.04 Å². The van der Waals surface area contributed by atoms with E-state index in [1.807, 2.05) is 24.3 Å². The van der Waals surface area contributed by atoms with Gasteiger partial charge in [0.25, 0.3) is 0 Å². The Hall–Kier alpha value is -1.57. The molecule has 0 saturated carbocycles. The third-order valence-electron chi connectivity index (χ3n) is 5.00. The van der Waals surface area contributed by atoms with E-state index in [9.17, 15) is 8.42 Å². The third kappa shape index (κ3) is 4.15. The molecule has 0 fully saturated rings. The number of rotatable bonds is 6. The van der Waals surface area contributed by atoms with Crippen LogP contribution in [0.1, 0.15) is 29.2 Å². The van der Waals surface area contributed by atoms with Gasteiger partial charge < -0.3 is 9.47 Å². The third-order valence-corrected chi connectivity index (χ3v) is 7.00. The molecule has 0 amide bonds. The lowest BCUT2D eigenvalue weighted by molar-refractivity contribution is 0.277. The molecule has 0 bridgehead atoms. The van der Waals surface area contributed by atoms with Gasteiger partial charge in [0.15, 0.2) is 11.5 Å². The number of halogens is 1. The molecule has 1 atom stereocenters. The number of hydrogen-bond acceptors (Lipinski definition) is 4. The summed E-state index contributed by atoms with van der Waals surface area (Å²) in [5, 5.41) is 0. The van der Waals surface area contributed by atoms with Crippen LogP contribution >= 0.6 is 15.9 Å². The van der Waals surface area contributed by atoms with Gasteiger partial charge in [-0.05, 0) is 36.5 Å². The van der Waals surface area contributed by atoms with E-state index < -0.39 is 10.0 Å². The summed E-state index contributed by atoms with van der Waals surface area (Å²) in [7, 11) is -0.171. The monoisotopic (exact) mass is 453 g/mol. The molecule has 1 aliphatic rings. The van der Waals surface area contributed by atoms with Crippen molar-refractivity contribution in [2.75, 3.05) is 27.0 Å². The molecule has 2 aromatic rings. The average molecular weight is 454 g/mol. The van der Waals surface area contributed by atoms with Crippen LogP contribution in [-0.4, -0.2) is 39.7 Å². The zero-order valence-electron chi connectivity index (χ0n) is 15.7. The number of aryl methyl sites for hydroxylation is 1. The van der Waals surface area contributed by atoms with Gasteiger partial charge in [-0.15, -0.1) is 0 Å². The Morgan fingerprint density at radius 3 is 2.48 bits per heavy atom. The second-order valence-corrected chi connectivity index (χ2v) is 9.44. The first-order chi connectivity index (χ1) is 12.9. The van der Waals surface area contributed by atoms with Crippen molar-refractivity contribution >= 4 is 26.0 Å². The van der Waals surface area contributed by atoms with Crippen molar-refractivity contribution in [2.45, 2.75) is 25.3 Å². The molecule has 0 aromatic heterocycles. The molecule has 7 heteroatoms. The van der Waals surface area contributed by atoms with Gasteiger partial charge in [0.05, 0.1) is 26.5 Å². The van der Waals surface area contributed by atoms with Crippen molar-refractivity contribution in [3.8, 4) is 11.5 Å². The van der Waals surface area contributed by atoms with Gasteiger partial charge in [0, 0.05) is 16.6 Å². The molecule has 3 rings (SSSR count). The summed E-state index contributed by atoms with van der Waals surface area (Å²) in [4.78, 5) is 0. The van der Waals surface area contributed by atoms with Crippen LogP contribution in [-0.2, 0) is 22.9 Å². The maximum atomic E-state index is 12.5. The van der Waals surface area contributed by atoms with E-state index in [1.54, 1.807) is 18.5 Å². The summed E-state index contributed by atoms with van der Waals surface area (Å²) in [5.41, 5.74) is 3.17. The second kappa shape index (κ2) is 8.20. The highest BCUT2D eigenvalue weighted by molar-refractivity contribution is 9.10. The van der Waals surface area contributed by atoms with Gasteiger partial charge in [0.1, 0.15) is 0 Å². The molecule has 1 unspecified atom stereocenters. The maximum Gasteiger partial charge on any atom is 0.211 e. The second-order valence-electron chi connectivity index (χ2n) is 6.65. The van der Waals surface area contributed by atoms with Crippen molar-refractivity contribution in [3.63, 3.8) is 0 Å². The smallest absolute Gasteiger partial charge is 0.211 e. The van der Waals surface area contributed by atoms with E-state index in [1.165, 1.54) is 11.8 Å². The highest BCUT2D eigenvalue weighted by Crippen LogP contribution is 2.47. The minimum Gasteiger partial charge on any atom is -0.493 e. The molecular formula is C20H24BrNO4S. The molecular weight excluding hydrogens is 430 g/mol. The zero-order chi connectivity index (χ0) is 19.6. The fourth-order valence-electron chi connectivity index (χ4n) is 3.79. The first-order valence-corrected chi connectivity index (χ1v) is 11.4. The quantitative estimate of drug-likeness (QED) is 0.663. The molecule has 5 nitrogen and oxygen atoms in total. The van der Waals surface area contributed by atoms with E-state index >= 15 is 0 Å². The predicted molar refractivity (Wildman–Crippen MR) is 110 cm³/mol. The summed E-state index contributed by atoms with van der Waals surface area (Å²) in [5.74, 6) is 1.21. The number of sulfonamides is 1. The van der Waals surface area contributed by atoms with Crippen LogP contribution in [0.25, 0.3) is 0 Å². The van der Waals surface area contributed by atoms with Crippen molar-refractivity contribution in [1.29, 1.82) is 0 Å². The van der Waals surface area contributed by atoms with Crippen molar-refractivity contribution in [3.05, 3.63) is 57.6 Å². The van der Waals surface area contributed by atoms with Gasteiger partial charge in [-0.25, -0.2) is 8.42 Å². The molecule has 2 aromatic carbocycles. The van der Waals surface area contributed by atoms with E-state index in [2.05, 4.69) is 28.1 Å². The predicted octanol–water partition coefficient (Wildman–Crippen LogP) is 3.96. The minimum absolute atomic E-state index is 0.301. The summed E-state index contributed by atoms with van der Waals surface area (Å²) >= 11 is 3.63. The molecule has 146 valence electrons. The average Bonchev–Trinajstić information content (AvgIpc) is 2.65. The van der Waals surface area contributed by atoms with Crippen LogP contribution in [0.5, 0.6) is 11.5 Å². The maximum absolute atomic E-state index is 12.5. The Bertz CT molecular complexity index is 915. The van der Waals surface area contributed by atoms with Gasteiger partial charge in [-0.2, -0.15) is 4.31 Å². The number of methoxy groups -OCH3 is 2. The summed E-state index contributed by atoms with van der Waals surface area (Å²) < 4.78 is 38.7. The molecule has 0 spiro atoms. The lowest BCUT2D eigenvalue weighted by atomic mass is 9.89. The first kappa shape index (κ1) is 20.2. The number of ether oxygens (including phenoxy) is 2. The van der Waals surface area contributed by atoms with Crippen LogP contribution in [0.2, 0.25) is 0 Å². The highest BCUT2D eigenvalue weighted by Gasteiger charge is 2.37. The van der Waals surface area contributed by atoms with E-state index in [0.29, 0.717) is 30.9 Å². The van der Waals surface area contributed by atoms with Crippen molar-refractivity contribution < 1.29 is 17.9 Å². The Balaban J connectivity index is 2.10. The largest absolute Gasteiger partial charge is 0.493 e. The van der Waals surface area contributed by atoms with Gasteiger partial charge in [-0.1, -0.05) is 46.3 Å². The molecule has 0 radical (unpaired) electrons. The van der Waals surface area contributed by atoms with Crippen LogP contribution in [0.15, 0.2) is 40.9 Å². The molecule has 0 N–H and O–H groups in total. The summed E-state index contributed by atoms with van der Waals surface area (Å²) in [6.45, 7) is 0.458. The Kier molecular flexibility index (Phi) is 6.13. The number of hydrogen-bond donors (Lipinski definition) is 0. The van der Waals surface area contributed by atoms with Gasteiger partial charge >= 0.3 is 0 Å². The zero-order valence-corrected chi connectivity index (χ0v) is 18.1. The molecule has 0 saturated heterocycles.